The van der Waals surface area contributed by atoms with Gasteiger partial charge in [0.2, 0.25) is 0 Å². The Labute approximate surface area is 183 Å². The summed E-state index contributed by atoms with van der Waals surface area (Å²) in [4.78, 5) is 21.4. The van der Waals surface area contributed by atoms with Crippen molar-refractivity contribution in [1.29, 1.82) is 0 Å². The van der Waals surface area contributed by atoms with Gasteiger partial charge in [-0.15, -0.1) is 10.2 Å². The molecule has 0 aliphatic rings. The smallest absolute Gasteiger partial charge is 0.193 e. The topological polar surface area (TPSA) is 68.6 Å². The Balaban J connectivity index is 1.44. The van der Waals surface area contributed by atoms with Gasteiger partial charge in [-0.3, -0.25) is 14.8 Å². The molecule has 0 unspecified atom stereocenters. The van der Waals surface area contributed by atoms with Gasteiger partial charge in [0.05, 0.1) is 5.69 Å². The fraction of sp³-hybridized carbons (Fsp3) is 0.174. The second-order valence-corrected chi connectivity index (χ2v) is 8.45. The summed E-state index contributed by atoms with van der Waals surface area (Å²) in [6.07, 6.45) is 4.59. The Morgan fingerprint density at radius 2 is 1.90 bits per heavy atom. The number of ketones is 1. The number of aryl methyl sites for hydroxylation is 3. The van der Waals surface area contributed by atoms with Gasteiger partial charge in [0.25, 0.3) is 0 Å². The third-order valence-corrected chi connectivity index (χ3v) is 5.93. The maximum absolute atomic E-state index is 12.6. The predicted molar refractivity (Wildman–Crippen MR) is 120 cm³/mol. The number of carbonyl (C=O) groups excluding carboxylic acids is 1. The van der Waals surface area contributed by atoms with Crippen LogP contribution in [-0.2, 0) is 6.42 Å². The molecule has 5 nitrogen and oxygen atoms in total. The van der Waals surface area contributed by atoms with E-state index in [4.69, 9.17) is 11.6 Å². The van der Waals surface area contributed by atoms with E-state index in [1.54, 1.807) is 12.3 Å². The largest absolute Gasteiger partial charge is 0.291 e. The van der Waals surface area contributed by atoms with Crippen LogP contribution in [0.4, 0.5) is 0 Å². The van der Waals surface area contributed by atoms with Gasteiger partial charge in [0, 0.05) is 40.7 Å². The molecule has 7 heteroatoms. The number of pyridine rings is 2. The Bertz CT molecular complexity index is 1220. The monoisotopic (exact) mass is 434 g/mol. The highest BCUT2D eigenvalue weighted by molar-refractivity contribution is 7.16. The molecule has 0 N–H and O–H groups in total. The summed E-state index contributed by atoms with van der Waals surface area (Å²) >= 11 is 7.32. The van der Waals surface area contributed by atoms with Crippen LogP contribution in [0.1, 0.15) is 33.0 Å². The first-order chi connectivity index (χ1) is 14.5. The van der Waals surface area contributed by atoms with Crippen LogP contribution in [0.2, 0.25) is 5.02 Å². The van der Waals surface area contributed by atoms with Crippen LogP contribution in [0, 0.1) is 13.8 Å². The van der Waals surface area contributed by atoms with Crippen molar-refractivity contribution >= 4 is 28.7 Å². The van der Waals surface area contributed by atoms with Crippen molar-refractivity contribution in [3.8, 4) is 21.8 Å². The highest BCUT2D eigenvalue weighted by Crippen LogP contribution is 2.27. The molecular weight excluding hydrogens is 416 g/mol. The molecule has 0 amide bonds. The van der Waals surface area contributed by atoms with Crippen molar-refractivity contribution in [3.05, 3.63) is 81.7 Å². The van der Waals surface area contributed by atoms with Crippen LogP contribution >= 0.6 is 22.9 Å². The number of carbonyl (C=O) groups is 1. The third-order valence-electron chi connectivity index (χ3n) is 4.68. The van der Waals surface area contributed by atoms with E-state index in [1.165, 1.54) is 11.3 Å². The van der Waals surface area contributed by atoms with Crippen molar-refractivity contribution in [2.45, 2.75) is 26.7 Å². The van der Waals surface area contributed by atoms with Crippen LogP contribution in [-0.4, -0.2) is 25.9 Å². The van der Waals surface area contributed by atoms with Crippen LogP contribution in [0.15, 0.2) is 54.9 Å². The highest BCUT2D eigenvalue weighted by Gasteiger charge is 2.15. The van der Waals surface area contributed by atoms with Crippen molar-refractivity contribution in [3.63, 3.8) is 0 Å². The molecule has 0 saturated heterocycles. The molecule has 3 aromatic heterocycles. The van der Waals surface area contributed by atoms with E-state index in [2.05, 4.69) is 26.2 Å². The lowest BCUT2D eigenvalue weighted by atomic mass is 10.0. The molecule has 0 bridgehead atoms. The highest BCUT2D eigenvalue weighted by atomic mass is 35.5. The average molecular weight is 435 g/mol. The van der Waals surface area contributed by atoms with Crippen molar-refractivity contribution in [2.24, 2.45) is 0 Å². The zero-order valence-electron chi connectivity index (χ0n) is 16.6. The van der Waals surface area contributed by atoms with Gasteiger partial charge in [0.1, 0.15) is 5.01 Å². The molecule has 3 heterocycles. The number of rotatable bonds is 6. The molecule has 0 spiro atoms. The van der Waals surface area contributed by atoms with E-state index < -0.39 is 0 Å². The summed E-state index contributed by atoms with van der Waals surface area (Å²) in [5.74, 6) is -0.0210. The molecular formula is C23H19ClN4OS. The number of halogens is 1. The lowest BCUT2D eigenvalue weighted by molar-refractivity contribution is 0.0981. The minimum Gasteiger partial charge on any atom is -0.291 e. The van der Waals surface area contributed by atoms with Gasteiger partial charge in [-0.05, 0) is 55.7 Å². The Morgan fingerprint density at radius 3 is 2.67 bits per heavy atom. The second-order valence-electron chi connectivity index (χ2n) is 7.04. The van der Waals surface area contributed by atoms with E-state index in [9.17, 15) is 4.79 Å². The lowest BCUT2D eigenvalue weighted by Gasteiger charge is -2.08. The Morgan fingerprint density at radius 1 is 1.03 bits per heavy atom. The first kappa shape index (κ1) is 20.3. The molecule has 0 aliphatic heterocycles. The molecule has 4 aromatic rings. The van der Waals surface area contributed by atoms with E-state index in [0.29, 0.717) is 27.9 Å². The number of Topliss-reactive ketones (excluding diaryl/α,β-unsaturated/α-hetero) is 1. The Hall–Kier alpha value is -2.96. The van der Waals surface area contributed by atoms with Crippen LogP contribution in [0.3, 0.4) is 0 Å². The van der Waals surface area contributed by atoms with E-state index >= 15 is 0 Å². The maximum atomic E-state index is 12.6. The summed E-state index contributed by atoms with van der Waals surface area (Å²) in [7, 11) is 0. The number of aromatic nitrogens is 4. The zero-order chi connectivity index (χ0) is 21.1. The number of benzene rings is 1. The molecule has 4 rings (SSSR count). The summed E-state index contributed by atoms with van der Waals surface area (Å²) in [5.41, 5.74) is 5.90. The third kappa shape index (κ3) is 4.61. The molecule has 30 heavy (non-hydrogen) atoms. The van der Waals surface area contributed by atoms with Crippen LogP contribution < -0.4 is 0 Å². The normalized spacial score (nSPS) is 10.9. The number of hydrogen-bond donors (Lipinski definition) is 0. The average Bonchev–Trinajstić information content (AvgIpc) is 3.22. The molecule has 0 saturated carbocycles. The fourth-order valence-corrected chi connectivity index (χ4v) is 4.20. The summed E-state index contributed by atoms with van der Waals surface area (Å²) in [6.45, 7) is 4.00. The first-order valence-electron chi connectivity index (χ1n) is 9.51. The minimum atomic E-state index is -0.0210. The summed E-state index contributed by atoms with van der Waals surface area (Å²) in [6, 6.07) is 13.4. The molecule has 1 aromatic carbocycles. The molecule has 150 valence electrons. The quantitative estimate of drug-likeness (QED) is 0.361. The predicted octanol–water partition coefficient (Wildman–Crippen LogP) is 5.75. The lowest BCUT2D eigenvalue weighted by Crippen LogP contribution is -2.02. The SMILES string of the molecule is Cc1cc(-c2ncc(CCC(=O)c3nnc(-c4cccc(Cl)c4)s3)cc2C)ccn1. The van der Waals surface area contributed by atoms with Crippen molar-refractivity contribution in [2.75, 3.05) is 0 Å². The van der Waals surface area contributed by atoms with Gasteiger partial charge in [-0.25, -0.2) is 0 Å². The van der Waals surface area contributed by atoms with Crippen molar-refractivity contribution < 1.29 is 4.79 Å². The van der Waals surface area contributed by atoms with Gasteiger partial charge >= 0.3 is 0 Å². The fourth-order valence-electron chi connectivity index (χ4n) is 3.20. The number of hydrogen-bond acceptors (Lipinski definition) is 6. The molecule has 0 atom stereocenters. The molecule has 0 aliphatic carbocycles. The van der Waals surface area contributed by atoms with Crippen LogP contribution in [0.5, 0.6) is 0 Å². The van der Waals surface area contributed by atoms with Gasteiger partial charge in [0.15, 0.2) is 10.8 Å². The molecule has 0 radical (unpaired) electrons. The number of nitrogens with zero attached hydrogens (tertiary/aromatic N) is 4. The van der Waals surface area contributed by atoms with E-state index in [1.807, 2.05) is 50.4 Å². The standard InChI is InChI=1S/C23H19ClN4OS/c1-14-10-16(13-26-21(14)17-8-9-25-15(2)11-17)6-7-20(29)23-28-27-22(30-23)18-4-3-5-19(24)12-18/h3-5,8-13H,6-7H2,1-2H3. The Kier molecular flexibility index (Phi) is 5.97. The maximum Gasteiger partial charge on any atom is 0.193 e. The first-order valence-corrected chi connectivity index (χ1v) is 10.7. The summed E-state index contributed by atoms with van der Waals surface area (Å²) in [5, 5.41) is 9.94. The second kappa shape index (κ2) is 8.81. The molecule has 0 fully saturated rings. The van der Waals surface area contributed by atoms with Gasteiger partial charge in [-0.2, -0.15) is 0 Å². The van der Waals surface area contributed by atoms with Crippen LogP contribution in [0.25, 0.3) is 21.8 Å². The summed E-state index contributed by atoms with van der Waals surface area (Å²) < 4.78 is 0. The van der Waals surface area contributed by atoms with E-state index in [-0.39, 0.29) is 5.78 Å². The minimum absolute atomic E-state index is 0.0210. The van der Waals surface area contributed by atoms with Crippen molar-refractivity contribution in [1.82, 2.24) is 20.2 Å². The van der Waals surface area contributed by atoms with Gasteiger partial charge in [-0.1, -0.05) is 41.1 Å². The van der Waals surface area contributed by atoms with Gasteiger partial charge < -0.3 is 0 Å². The zero-order valence-corrected chi connectivity index (χ0v) is 18.2. The van der Waals surface area contributed by atoms with E-state index in [0.717, 1.165) is 33.6 Å².